The summed E-state index contributed by atoms with van der Waals surface area (Å²) in [4.78, 5) is -0.148. The molecular weight excluding hydrogens is 215 g/mol. The van der Waals surface area contributed by atoms with Crippen molar-refractivity contribution in [3.05, 3.63) is 0 Å². The van der Waals surface area contributed by atoms with Crippen molar-refractivity contribution in [3.8, 4) is 0 Å². The van der Waals surface area contributed by atoms with Crippen LogP contribution in [0.15, 0.2) is 0 Å². The molecule has 0 bridgehead atoms. The summed E-state index contributed by atoms with van der Waals surface area (Å²) >= 11 is 11.3. The Morgan fingerprint density at radius 3 is 2.29 bits per heavy atom. The van der Waals surface area contributed by atoms with Crippen molar-refractivity contribution < 1.29 is 0 Å². The van der Waals surface area contributed by atoms with Gasteiger partial charge in [-0.05, 0) is 12.3 Å². The van der Waals surface area contributed by atoms with Crippen molar-refractivity contribution in [2.75, 3.05) is 0 Å². The third kappa shape index (κ3) is 6.14. The third-order valence-corrected chi connectivity index (χ3v) is 3.70. The highest BCUT2D eigenvalue weighted by molar-refractivity contribution is 6.44. The summed E-state index contributed by atoms with van der Waals surface area (Å²) in [5.41, 5.74) is 0. The van der Waals surface area contributed by atoms with Crippen molar-refractivity contribution in [1.82, 2.24) is 0 Å². The van der Waals surface area contributed by atoms with Crippen molar-refractivity contribution in [1.29, 1.82) is 0 Å². The second-order valence-corrected chi connectivity index (χ2v) is 5.81. The highest BCUT2D eigenvalue weighted by Crippen LogP contribution is 2.28. The van der Waals surface area contributed by atoms with Gasteiger partial charge in [-0.2, -0.15) is 0 Å². The highest BCUT2D eigenvalue weighted by Gasteiger charge is 2.12. The van der Waals surface area contributed by atoms with E-state index in [0.29, 0.717) is 0 Å². The predicted octanol–water partition coefficient (Wildman–Crippen LogP) is 5.32. The molecule has 0 radical (unpaired) electrons. The van der Waals surface area contributed by atoms with Crippen molar-refractivity contribution in [2.24, 2.45) is 5.92 Å². The van der Waals surface area contributed by atoms with E-state index in [0.717, 1.165) is 12.3 Å². The molecule has 84 valence electrons. The maximum absolute atomic E-state index is 5.67. The van der Waals surface area contributed by atoms with Gasteiger partial charge in [-0.15, -0.1) is 23.2 Å². The van der Waals surface area contributed by atoms with E-state index in [1.807, 2.05) is 0 Å². The topological polar surface area (TPSA) is 0 Å². The number of hydrogen-bond acceptors (Lipinski definition) is 0. The SMILES string of the molecule is ClC(Cl)CCCCCC1CCCCC1. The quantitative estimate of drug-likeness (QED) is 0.433. The molecule has 1 fully saturated rings. The maximum atomic E-state index is 5.67. The molecule has 0 aromatic carbocycles. The Balaban J connectivity index is 1.87. The fourth-order valence-electron chi connectivity index (χ4n) is 2.38. The molecule has 0 atom stereocenters. The lowest BCUT2D eigenvalue weighted by Crippen LogP contribution is -2.05. The average molecular weight is 237 g/mol. The van der Waals surface area contributed by atoms with Gasteiger partial charge in [0.25, 0.3) is 0 Å². The Morgan fingerprint density at radius 2 is 1.64 bits per heavy atom. The zero-order valence-electron chi connectivity index (χ0n) is 8.98. The van der Waals surface area contributed by atoms with Crippen LogP contribution in [0.2, 0.25) is 0 Å². The second-order valence-electron chi connectivity index (χ2n) is 4.53. The molecule has 0 aromatic heterocycles. The van der Waals surface area contributed by atoms with Gasteiger partial charge < -0.3 is 0 Å². The number of unbranched alkanes of at least 4 members (excludes halogenated alkanes) is 2. The standard InChI is InChI=1S/C12H22Cl2/c13-12(14)10-6-2-5-9-11-7-3-1-4-8-11/h11-12H,1-10H2. The number of halogens is 2. The number of alkyl halides is 2. The molecule has 0 spiro atoms. The maximum Gasteiger partial charge on any atom is 0.107 e. The van der Waals surface area contributed by atoms with Crippen LogP contribution in [0.3, 0.4) is 0 Å². The van der Waals surface area contributed by atoms with E-state index >= 15 is 0 Å². The Kier molecular flexibility index (Phi) is 7.06. The smallest absolute Gasteiger partial charge is 0.105 e. The first-order valence-corrected chi connectivity index (χ1v) is 6.94. The summed E-state index contributed by atoms with van der Waals surface area (Å²) in [6, 6.07) is 0. The van der Waals surface area contributed by atoms with Gasteiger partial charge in [0.15, 0.2) is 0 Å². The van der Waals surface area contributed by atoms with Crippen molar-refractivity contribution >= 4 is 23.2 Å². The Morgan fingerprint density at radius 1 is 0.929 bits per heavy atom. The summed E-state index contributed by atoms with van der Waals surface area (Å²) in [6.45, 7) is 0. The molecule has 1 saturated carbocycles. The van der Waals surface area contributed by atoms with E-state index in [-0.39, 0.29) is 4.84 Å². The Labute approximate surface area is 98.4 Å². The van der Waals surface area contributed by atoms with Crippen LogP contribution in [-0.4, -0.2) is 4.84 Å². The minimum atomic E-state index is -0.148. The van der Waals surface area contributed by atoms with Crippen LogP contribution >= 0.6 is 23.2 Å². The highest BCUT2D eigenvalue weighted by atomic mass is 35.5. The molecule has 0 unspecified atom stereocenters. The Hall–Kier alpha value is 0.580. The summed E-state index contributed by atoms with van der Waals surface area (Å²) in [6.07, 6.45) is 13.7. The van der Waals surface area contributed by atoms with Crippen LogP contribution in [0.1, 0.15) is 64.2 Å². The largest absolute Gasteiger partial charge is 0.107 e. The first-order valence-electron chi connectivity index (χ1n) is 6.07. The predicted molar refractivity (Wildman–Crippen MR) is 65.2 cm³/mol. The number of rotatable bonds is 6. The van der Waals surface area contributed by atoms with E-state index < -0.39 is 0 Å². The molecule has 0 aromatic rings. The molecule has 1 aliphatic rings. The number of hydrogen-bond donors (Lipinski definition) is 0. The van der Waals surface area contributed by atoms with Gasteiger partial charge in [-0.3, -0.25) is 0 Å². The van der Waals surface area contributed by atoms with Gasteiger partial charge in [0.05, 0.1) is 0 Å². The van der Waals surface area contributed by atoms with Crippen LogP contribution < -0.4 is 0 Å². The fourth-order valence-corrected chi connectivity index (χ4v) is 2.69. The summed E-state index contributed by atoms with van der Waals surface area (Å²) in [5, 5.41) is 0. The minimum Gasteiger partial charge on any atom is -0.105 e. The van der Waals surface area contributed by atoms with E-state index in [9.17, 15) is 0 Å². The van der Waals surface area contributed by atoms with E-state index in [2.05, 4.69) is 0 Å². The Bertz CT molecular complexity index is 128. The van der Waals surface area contributed by atoms with Crippen LogP contribution in [0.4, 0.5) is 0 Å². The van der Waals surface area contributed by atoms with Crippen molar-refractivity contribution in [2.45, 2.75) is 69.0 Å². The molecule has 0 amide bonds. The lowest BCUT2D eigenvalue weighted by molar-refractivity contribution is 0.328. The molecule has 2 heteroatoms. The van der Waals surface area contributed by atoms with Gasteiger partial charge in [0, 0.05) is 0 Å². The molecule has 0 aliphatic heterocycles. The van der Waals surface area contributed by atoms with Crippen LogP contribution in [0, 0.1) is 5.92 Å². The molecule has 0 N–H and O–H groups in total. The third-order valence-electron chi connectivity index (χ3n) is 3.26. The molecule has 0 heterocycles. The van der Waals surface area contributed by atoms with E-state index in [1.54, 1.807) is 0 Å². The van der Waals surface area contributed by atoms with E-state index in [4.69, 9.17) is 23.2 Å². The molecule has 14 heavy (non-hydrogen) atoms. The molecule has 0 nitrogen and oxygen atoms in total. The molecular formula is C12H22Cl2. The average Bonchev–Trinajstić information content (AvgIpc) is 2.18. The van der Waals surface area contributed by atoms with Gasteiger partial charge in [-0.25, -0.2) is 0 Å². The van der Waals surface area contributed by atoms with Gasteiger partial charge in [0.2, 0.25) is 0 Å². The zero-order chi connectivity index (χ0) is 10.2. The van der Waals surface area contributed by atoms with Gasteiger partial charge in [-0.1, -0.05) is 57.8 Å². The second kappa shape index (κ2) is 7.82. The normalized spacial score (nSPS) is 19.1. The lowest BCUT2D eigenvalue weighted by Gasteiger charge is -2.21. The van der Waals surface area contributed by atoms with Gasteiger partial charge in [0.1, 0.15) is 4.84 Å². The molecule has 1 aliphatic carbocycles. The lowest BCUT2D eigenvalue weighted by atomic mass is 9.85. The summed E-state index contributed by atoms with van der Waals surface area (Å²) < 4.78 is 0. The zero-order valence-corrected chi connectivity index (χ0v) is 10.5. The minimum absolute atomic E-state index is 0.148. The van der Waals surface area contributed by atoms with Crippen LogP contribution in [-0.2, 0) is 0 Å². The van der Waals surface area contributed by atoms with Crippen molar-refractivity contribution in [3.63, 3.8) is 0 Å². The molecule has 1 rings (SSSR count). The molecule has 0 saturated heterocycles. The first kappa shape index (κ1) is 12.6. The van der Waals surface area contributed by atoms with E-state index in [1.165, 1.54) is 57.8 Å². The van der Waals surface area contributed by atoms with Crippen LogP contribution in [0.5, 0.6) is 0 Å². The first-order chi connectivity index (χ1) is 6.79. The summed E-state index contributed by atoms with van der Waals surface area (Å²) in [5.74, 6) is 1.03. The fraction of sp³-hybridized carbons (Fsp3) is 1.00. The van der Waals surface area contributed by atoms with Crippen LogP contribution in [0.25, 0.3) is 0 Å². The van der Waals surface area contributed by atoms with Gasteiger partial charge >= 0.3 is 0 Å². The summed E-state index contributed by atoms with van der Waals surface area (Å²) in [7, 11) is 0. The monoisotopic (exact) mass is 236 g/mol.